The van der Waals surface area contributed by atoms with Gasteiger partial charge in [0.05, 0.1) is 4.90 Å². The summed E-state index contributed by atoms with van der Waals surface area (Å²) in [6, 6.07) is 4.40. The quantitative estimate of drug-likeness (QED) is 0.410. The van der Waals surface area contributed by atoms with E-state index < -0.39 is 20.8 Å². The van der Waals surface area contributed by atoms with E-state index in [1.807, 2.05) is 0 Å². The Morgan fingerprint density at radius 2 is 1.62 bits per heavy atom. The van der Waals surface area contributed by atoms with Crippen molar-refractivity contribution in [3.05, 3.63) is 23.8 Å². The first kappa shape index (κ1) is 20.9. The Kier molecular flexibility index (Phi) is 10.6. The number of phenolic OH excluding ortho intramolecular Hbond substituents is 1. The predicted molar refractivity (Wildman–Crippen MR) is 77.8 cm³/mol. The van der Waals surface area contributed by atoms with Gasteiger partial charge < -0.3 is 9.66 Å². The summed E-state index contributed by atoms with van der Waals surface area (Å²) >= 11 is 0. The third-order valence-electron chi connectivity index (χ3n) is 3.38. The molecule has 21 heavy (non-hydrogen) atoms. The van der Waals surface area contributed by atoms with Gasteiger partial charge in [0.15, 0.2) is 0 Å². The Morgan fingerprint density at radius 3 is 2.19 bits per heavy atom. The smallest absolute Gasteiger partial charge is 0.744 e. The van der Waals surface area contributed by atoms with Gasteiger partial charge in [-0.15, -0.1) is 0 Å². The molecule has 0 saturated carbocycles. The maximum Gasteiger partial charge on any atom is 1.00 e. The molecule has 0 aliphatic heterocycles. The summed E-state index contributed by atoms with van der Waals surface area (Å²) in [5, 5.41) is 9.55. The van der Waals surface area contributed by atoms with Crippen molar-refractivity contribution in [2.75, 3.05) is 0 Å². The van der Waals surface area contributed by atoms with E-state index in [4.69, 9.17) is 0 Å². The Balaban J connectivity index is 0.00000400. The van der Waals surface area contributed by atoms with Crippen molar-refractivity contribution >= 4 is 10.1 Å². The molecule has 0 spiro atoms. The monoisotopic (exact) mass is 322 g/mol. The van der Waals surface area contributed by atoms with E-state index in [-0.39, 0.29) is 29.6 Å². The summed E-state index contributed by atoms with van der Waals surface area (Å²) in [6.45, 7) is 2.17. The fourth-order valence-corrected chi connectivity index (χ4v) is 3.14. The van der Waals surface area contributed by atoms with Gasteiger partial charge in [0.1, 0.15) is 15.9 Å². The van der Waals surface area contributed by atoms with Crippen molar-refractivity contribution in [2.24, 2.45) is 0 Å². The van der Waals surface area contributed by atoms with Crippen LogP contribution in [0.15, 0.2) is 23.1 Å². The molecular weight excluding hydrogens is 299 g/mol. The molecule has 1 aromatic rings. The van der Waals surface area contributed by atoms with Crippen molar-refractivity contribution in [1.29, 1.82) is 0 Å². The van der Waals surface area contributed by atoms with E-state index in [2.05, 4.69) is 6.92 Å². The molecule has 0 amide bonds. The maximum absolute atomic E-state index is 11.2. The Morgan fingerprint density at radius 1 is 1.05 bits per heavy atom. The summed E-state index contributed by atoms with van der Waals surface area (Å²) in [6.07, 6.45) is 8.38. The molecule has 0 atom stereocenters. The predicted octanol–water partition coefficient (Wildman–Crippen LogP) is 0.593. The minimum Gasteiger partial charge on any atom is -0.744 e. The van der Waals surface area contributed by atoms with Crippen LogP contribution in [-0.2, 0) is 16.5 Å². The van der Waals surface area contributed by atoms with Crippen LogP contribution in [0.25, 0.3) is 0 Å². The second kappa shape index (κ2) is 10.6. The summed E-state index contributed by atoms with van der Waals surface area (Å²) in [5.74, 6) is -0.444. The fraction of sp³-hybridized carbons (Fsp3) is 0.600. The first-order chi connectivity index (χ1) is 9.46. The molecule has 1 rings (SSSR count). The average molecular weight is 322 g/mol. The first-order valence-electron chi connectivity index (χ1n) is 7.23. The zero-order chi connectivity index (χ0) is 15.0. The molecule has 0 aliphatic carbocycles. The third-order valence-corrected chi connectivity index (χ3v) is 4.35. The topological polar surface area (TPSA) is 77.4 Å². The van der Waals surface area contributed by atoms with Crippen LogP contribution in [0.5, 0.6) is 5.75 Å². The van der Waals surface area contributed by atoms with Crippen molar-refractivity contribution in [2.45, 2.75) is 63.2 Å². The van der Waals surface area contributed by atoms with Crippen LogP contribution in [0.2, 0.25) is 0 Å². The van der Waals surface area contributed by atoms with Gasteiger partial charge in [-0.05, 0) is 24.5 Å². The van der Waals surface area contributed by atoms with Crippen molar-refractivity contribution in [3.63, 3.8) is 0 Å². The van der Waals surface area contributed by atoms with Gasteiger partial charge >= 0.3 is 29.6 Å². The molecule has 4 nitrogen and oxygen atoms in total. The molecule has 0 unspecified atom stereocenters. The second-order valence-electron chi connectivity index (χ2n) is 5.09. The zero-order valence-corrected chi connectivity index (χ0v) is 15.8. The molecule has 1 aromatic carbocycles. The average Bonchev–Trinajstić information content (AvgIpc) is 2.36. The van der Waals surface area contributed by atoms with Crippen LogP contribution in [0.3, 0.4) is 0 Å². The number of phenols is 1. The summed E-state index contributed by atoms with van der Waals surface area (Å²) in [5.41, 5.74) is 0.425. The maximum atomic E-state index is 11.2. The molecule has 0 bridgehead atoms. The van der Waals surface area contributed by atoms with Crippen molar-refractivity contribution < 1.29 is 47.6 Å². The second-order valence-corrected chi connectivity index (χ2v) is 6.41. The van der Waals surface area contributed by atoms with Gasteiger partial charge in [-0.25, -0.2) is 8.42 Å². The third kappa shape index (κ3) is 7.66. The normalized spacial score (nSPS) is 11.1. The number of rotatable bonds is 9. The zero-order valence-electron chi connectivity index (χ0n) is 13.0. The number of hydrogen-bond acceptors (Lipinski definition) is 4. The number of aromatic hydroxyl groups is 1. The minimum absolute atomic E-state index is 0. The van der Waals surface area contributed by atoms with Gasteiger partial charge in [-0.2, -0.15) is 0 Å². The van der Waals surface area contributed by atoms with Crippen LogP contribution in [0.1, 0.15) is 57.4 Å². The van der Waals surface area contributed by atoms with Crippen LogP contribution in [0, 0.1) is 0 Å². The van der Waals surface area contributed by atoms with Gasteiger partial charge in [-0.1, -0.05) is 57.6 Å². The van der Waals surface area contributed by atoms with E-state index in [0.717, 1.165) is 19.3 Å². The Labute approximate surface area is 150 Å². The van der Waals surface area contributed by atoms with Crippen LogP contribution in [0.4, 0.5) is 0 Å². The van der Waals surface area contributed by atoms with Gasteiger partial charge in [0.2, 0.25) is 0 Å². The molecule has 6 heteroatoms. The van der Waals surface area contributed by atoms with Gasteiger partial charge in [-0.3, -0.25) is 0 Å². The van der Waals surface area contributed by atoms with Crippen LogP contribution >= 0.6 is 0 Å². The van der Waals surface area contributed by atoms with E-state index in [9.17, 15) is 18.1 Å². The largest absolute Gasteiger partial charge is 1.00 e. The SMILES string of the molecule is CCCCCCCCCc1cccc(O)c1S(=O)(=O)[O-].[Na+]. The van der Waals surface area contributed by atoms with E-state index in [0.29, 0.717) is 12.0 Å². The molecule has 0 aromatic heterocycles. The Bertz CT molecular complexity index is 514. The number of benzene rings is 1. The Hall–Kier alpha value is -0.0700. The standard InChI is InChI=1S/C15H24O4S.Na/c1-2-3-4-5-6-7-8-10-13-11-9-12-14(16)15(13)20(17,18)19;/h9,11-12,16H,2-8,10H2,1H3,(H,17,18,19);/q;+1/p-1. The molecule has 1 N–H and O–H groups in total. The number of aryl methyl sites for hydroxylation is 1. The number of hydrogen-bond donors (Lipinski definition) is 1. The van der Waals surface area contributed by atoms with Crippen LogP contribution < -0.4 is 29.6 Å². The van der Waals surface area contributed by atoms with E-state index in [1.165, 1.54) is 31.7 Å². The molecule has 0 fully saturated rings. The molecule has 114 valence electrons. The summed E-state index contributed by atoms with van der Waals surface area (Å²) in [4.78, 5) is -0.453. The van der Waals surface area contributed by atoms with Gasteiger partial charge in [0.25, 0.3) is 0 Å². The minimum atomic E-state index is -4.62. The molecule has 0 heterocycles. The molecular formula is C15H23NaO4S. The molecule has 0 saturated heterocycles. The van der Waals surface area contributed by atoms with Gasteiger partial charge in [0, 0.05) is 0 Å². The van der Waals surface area contributed by atoms with Crippen molar-refractivity contribution in [1.82, 2.24) is 0 Å². The first-order valence-corrected chi connectivity index (χ1v) is 8.64. The van der Waals surface area contributed by atoms with Crippen LogP contribution in [-0.4, -0.2) is 18.1 Å². The summed E-state index contributed by atoms with van der Waals surface area (Å²) in [7, 11) is -4.62. The molecule has 0 aliphatic rings. The molecule has 0 radical (unpaired) electrons. The summed E-state index contributed by atoms with van der Waals surface area (Å²) < 4.78 is 33.5. The van der Waals surface area contributed by atoms with E-state index in [1.54, 1.807) is 12.1 Å². The fourth-order valence-electron chi connectivity index (χ4n) is 2.33. The van der Waals surface area contributed by atoms with E-state index >= 15 is 0 Å². The number of unbranched alkanes of at least 4 members (excludes halogenated alkanes) is 6. The van der Waals surface area contributed by atoms with Crippen molar-refractivity contribution in [3.8, 4) is 5.75 Å².